The number of esters is 1. The number of carbonyl (C=O) groups excluding carboxylic acids is 2. The van der Waals surface area contributed by atoms with E-state index in [1.807, 2.05) is 4.90 Å². The molecule has 7 heteroatoms. The van der Waals surface area contributed by atoms with Gasteiger partial charge < -0.3 is 19.1 Å². The minimum absolute atomic E-state index is 0.0809. The lowest BCUT2D eigenvalue weighted by Gasteiger charge is -2.41. The summed E-state index contributed by atoms with van der Waals surface area (Å²) in [5.41, 5.74) is -0.287. The van der Waals surface area contributed by atoms with Crippen LogP contribution in [0.5, 0.6) is 0 Å². The van der Waals surface area contributed by atoms with Gasteiger partial charge in [0.15, 0.2) is 0 Å². The van der Waals surface area contributed by atoms with Crippen molar-refractivity contribution < 1.29 is 23.8 Å². The summed E-state index contributed by atoms with van der Waals surface area (Å²) >= 11 is 0. The highest BCUT2D eigenvalue weighted by molar-refractivity contribution is 5.85. The number of nitrogens with zero attached hydrogens (tertiary/aromatic N) is 2. The van der Waals surface area contributed by atoms with Gasteiger partial charge in [-0.15, -0.1) is 0 Å². The van der Waals surface area contributed by atoms with Crippen molar-refractivity contribution in [2.75, 3.05) is 32.8 Å². The zero-order valence-corrected chi connectivity index (χ0v) is 16.1. The number of amides is 1. The molecular formula is C19H30N2O5. The van der Waals surface area contributed by atoms with E-state index in [1.54, 1.807) is 0 Å². The first-order valence-corrected chi connectivity index (χ1v) is 9.79. The molecule has 5 atom stereocenters. The number of hydrogen-bond acceptors (Lipinski definition) is 6. The first-order chi connectivity index (χ1) is 12.3. The van der Waals surface area contributed by atoms with Crippen LogP contribution in [-0.2, 0) is 23.8 Å². The van der Waals surface area contributed by atoms with Gasteiger partial charge >= 0.3 is 5.97 Å². The molecule has 0 spiro atoms. The van der Waals surface area contributed by atoms with Gasteiger partial charge in [-0.1, -0.05) is 0 Å². The number of likely N-dealkylation sites (tertiary alicyclic amines) is 1. The molecule has 4 saturated heterocycles. The third kappa shape index (κ3) is 2.75. The largest absolute Gasteiger partial charge is 0.459 e. The fourth-order valence-electron chi connectivity index (χ4n) is 5.63. The van der Waals surface area contributed by atoms with Crippen molar-refractivity contribution in [3.8, 4) is 0 Å². The smallest absolute Gasteiger partial charge is 0.320 e. The Morgan fingerprint density at radius 2 is 2.00 bits per heavy atom. The van der Waals surface area contributed by atoms with Crippen LogP contribution in [-0.4, -0.2) is 84.4 Å². The number of fused-ring (bicyclic) bond motifs is 5. The number of carbonyl (C=O) groups is 2. The first-order valence-electron chi connectivity index (χ1n) is 9.79. The molecule has 0 saturated carbocycles. The van der Waals surface area contributed by atoms with Crippen molar-refractivity contribution in [1.29, 1.82) is 0 Å². The van der Waals surface area contributed by atoms with E-state index in [1.165, 1.54) is 0 Å². The Hall–Kier alpha value is -1.18. The number of ether oxygens (including phenoxy) is 3. The average molecular weight is 366 g/mol. The first kappa shape index (κ1) is 18.2. The van der Waals surface area contributed by atoms with Gasteiger partial charge in [0.25, 0.3) is 0 Å². The van der Waals surface area contributed by atoms with E-state index in [-0.39, 0.29) is 53.6 Å². The predicted molar refractivity (Wildman–Crippen MR) is 93.5 cm³/mol. The lowest BCUT2D eigenvalue weighted by molar-refractivity contribution is -0.156. The molecule has 1 amide bonds. The highest BCUT2D eigenvalue weighted by Crippen LogP contribution is 2.56. The molecule has 7 nitrogen and oxygen atoms in total. The zero-order valence-electron chi connectivity index (χ0n) is 16.1. The van der Waals surface area contributed by atoms with E-state index >= 15 is 0 Å². The quantitative estimate of drug-likeness (QED) is 0.681. The Morgan fingerprint density at radius 3 is 2.65 bits per heavy atom. The van der Waals surface area contributed by atoms with Gasteiger partial charge in [-0.05, 0) is 27.7 Å². The van der Waals surface area contributed by atoms with Gasteiger partial charge in [-0.25, -0.2) is 0 Å². The molecule has 0 N–H and O–H groups in total. The Morgan fingerprint density at radius 1 is 1.31 bits per heavy atom. The molecule has 2 bridgehead atoms. The SMILES string of the molecule is CC(C)N1C(=O)C2C3CC(OC(=O)CN4CCOCC4)C(O3)C2C1(C)C. The van der Waals surface area contributed by atoms with E-state index in [0.29, 0.717) is 26.2 Å². The summed E-state index contributed by atoms with van der Waals surface area (Å²) in [4.78, 5) is 29.4. The second-order valence-electron chi connectivity index (χ2n) is 8.80. The van der Waals surface area contributed by atoms with Crippen LogP contribution in [0.4, 0.5) is 0 Å². The van der Waals surface area contributed by atoms with Gasteiger partial charge in [0, 0.05) is 37.0 Å². The maximum atomic E-state index is 12.9. The summed E-state index contributed by atoms with van der Waals surface area (Å²) in [5.74, 6) is -0.0167. The summed E-state index contributed by atoms with van der Waals surface area (Å²) in [7, 11) is 0. The van der Waals surface area contributed by atoms with Crippen LogP contribution in [0.15, 0.2) is 0 Å². The highest BCUT2D eigenvalue weighted by Gasteiger charge is 2.68. The molecule has 4 rings (SSSR count). The van der Waals surface area contributed by atoms with Crippen LogP contribution in [0.25, 0.3) is 0 Å². The summed E-state index contributed by atoms with van der Waals surface area (Å²) in [6.45, 7) is 11.5. The van der Waals surface area contributed by atoms with E-state index in [2.05, 4.69) is 32.6 Å². The molecule has 0 radical (unpaired) electrons. The predicted octanol–water partition coefficient (Wildman–Crippen LogP) is 0.663. The van der Waals surface area contributed by atoms with E-state index in [9.17, 15) is 9.59 Å². The fraction of sp³-hybridized carbons (Fsp3) is 0.895. The number of rotatable bonds is 4. The lowest BCUT2D eigenvalue weighted by Crippen LogP contribution is -2.52. The van der Waals surface area contributed by atoms with Crippen LogP contribution in [0.2, 0.25) is 0 Å². The van der Waals surface area contributed by atoms with Crippen LogP contribution in [0.3, 0.4) is 0 Å². The molecular weight excluding hydrogens is 336 g/mol. The third-order valence-electron chi connectivity index (χ3n) is 6.52. The van der Waals surface area contributed by atoms with Crippen LogP contribution >= 0.6 is 0 Å². The minimum Gasteiger partial charge on any atom is -0.459 e. The van der Waals surface area contributed by atoms with Crippen molar-refractivity contribution in [3.63, 3.8) is 0 Å². The Bertz CT molecular complexity index is 586. The normalized spacial score (nSPS) is 38.9. The van der Waals surface area contributed by atoms with Gasteiger partial charge in [0.05, 0.1) is 31.8 Å². The van der Waals surface area contributed by atoms with E-state index in [4.69, 9.17) is 14.2 Å². The molecule has 0 aliphatic carbocycles. The van der Waals surface area contributed by atoms with Crippen molar-refractivity contribution in [2.45, 2.75) is 64.0 Å². The van der Waals surface area contributed by atoms with E-state index in [0.717, 1.165) is 13.1 Å². The summed E-state index contributed by atoms with van der Waals surface area (Å²) < 4.78 is 17.2. The van der Waals surface area contributed by atoms with Crippen LogP contribution in [0.1, 0.15) is 34.1 Å². The summed E-state index contributed by atoms with van der Waals surface area (Å²) in [5, 5.41) is 0. The molecule has 0 aromatic rings. The van der Waals surface area contributed by atoms with Gasteiger partial charge in [-0.2, -0.15) is 0 Å². The standard InChI is InChI=1S/C19H30N2O5/c1-11(2)21-18(23)15-12-9-13(17(26-12)16(15)19(21,3)4)25-14(22)10-20-5-7-24-8-6-20/h11-13,15-17H,5-10H2,1-4H3. The van der Waals surface area contributed by atoms with Crippen molar-refractivity contribution in [2.24, 2.45) is 11.8 Å². The molecule has 146 valence electrons. The number of hydrogen-bond donors (Lipinski definition) is 0. The minimum atomic E-state index is -0.287. The fourth-order valence-corrected chi connectivity index (χ4v) is 5.63. The molecule has 4 aliphatic rings. The average Bonchev–Trinajstić information content (AvgIpc) is 3.18. The number of morpholine rings is 1. The van der Waals surface area contributed by atoms with Crippen molar-refractivity contribution in [3.05, 3.63) is 0 Å². The van der Waals surface area contributed by atoms with Crippen molar-refractivity contribution in [1.82, 2.24) is 9.80 Å². The second-order valence-corrected chi connectivity index (χ2v) is 8.80. The molecule has 0 aromatic heterocycles. The molecule has 5 unspecified atom stereocenters. The van der Waals surface area contributed by atoms with Gasteiger partial charge in [0.2, 0.25) is 5.91 Å². The molecule has 0 aromatic carbocycles. The van der Waals surface area contributed by atoms with Gasteiger partial charge in [-0.3, -0.25) is 14.5 Å². The Labute approximate surface area is 154 Å². The maximum absolute atomic E-state index is 12.9. The maximum Gasteiger partial charge on any atom is 0.320 e. The Kier molecular flexibility index (Phi) is 4.52. The summed E-state index contributed by atoms with van der Waals surface area (Å²) in [6.07, 6.45) is 0.0890. The molecule has 4 aliphatic heterocycles. The monoisotopic (exact) mass is 366 g/mol. The molecule has 4 heterocycles. The highest BCUT2D eigenvalue weighted by atomic mass is 16.6. The topological polar surface area (TPSA) is 68.3 Å². The molecule has 4 fully saturated rings. The van der Waals surface area contributed by atoms with Gasteiger partial charge in [0.1, 0.15) is 12.2 Å². The Balaban J connectivity index is 1.43. The summed E-state index contributed by atoms with van der Waals surface area (Å²) in [6, 6.07) is 0.157. The third-order valence-corrected chi connectivity index (χ3v) is 6.52. The molecule has 26 heavy (non-hydrogen) atoms. The second kappa shape index (κ2) is 6.46. The van der Waals surface area contributed by atoms with E-state index < -0.39 is 0 Å². The zero-order chi connectivity index (χ0) is 18.6. The van der Waals surface area contributed by atoms with Crippen molar-refractivity contribution >= 4 is 11.9 Å². The van der Waals surface area contributed by atoms with Crippen LogP contribution < -0.4 is 0 Å². The van der Waals surface area contributed by atoms with Crippen LogP contribution in [0, 0.1) is 11.8 Å². The lowest BCUT2D eigenvalue weighted by atomic mass is 9.72.